The average molecular weight is 371 g/mol. The second-order valence-corrected chi connectivity index (χ2v) is 7.77. The Morgan fingerprint density at radius 3 is 2.77 bits per heavy atom. The molecule has 1 aliphatic carbocycles. The Balaban J connectivity index is 1.47. The van der Waals surface area contributed by atoms with Crippen molar-refractivity contribution in [2.75, 3.05) is 5.75 Å². The van der Waals surface area contributed by atoms with E-state index in [0.717, 1.165) is 48.3 Å². The van der Waals surface area contributed by atoms with Crippen LogP contribution >= 0.6 is 11.8 Å². The number of nitrogens with zero attached hydrogens (tertiary/aromatic N) is 2. The Bertz CT molecular complexity index is 847. The molecule has 6 nitrogen and oxygen atoms in total. The first-order valence-corrected chi connectivity index (χ1v) is 9.94. The molecule has 1 saturated carbocycles. The van der Waals surface area contributed by atoms with Gasteiger partial charge >= 0.3 is 0 Å². The van der Waals surface area contributed by atoms with Gasteiger partial charge in [-0.2, -0.15) is 0 Å². The number of thioether (sulfide) groups is 1. The number of rotatable bonds is 4. The van der Waals surface area contributed by atoms with Gasteiger partial charge in [0.1, 0.15) is 6.54 Å². The zero-order chi connectivity index (χ0) is 18.1. The van der Waals surface area contributed by atoms with Crippen molar-refractivity contribution in [1.29, 1.82) is 0 Å². The summed E-state index contributed by atoms with van der Waals surface area (Å²) in [5.74, 6) is -0.0108. The van der Waals surface area contributed by atoms with Crippen LogP contribution in [0.25, 0.3) is 10.9 Å². The van der Waals surface area contributed by atoms with E-state index in [9.17, 15) is 14.4 Å². The van der Waals surface area contributed by atoms with Crippen molar-refractivity contribution in [2.45, 2.75) is 44.3 Å². The molecule has 7 heteroatoms. The third kappa shape index (κ3) is 3.23. The minimum Gasteiger partial charge on any atom is -0.350 e. The number of hydrogen-bond acceptors (Lipinski definition) is 4. The normalized spacial score (nSPS) is 23.6. The summed E-state index contributed by atoms with van der Waals surface area (Å²) in [6.45, 7) is 0.230. The molecule has 2 aliphatic rings. The molecular formula is C19H21N3O3S. The number of fused-ring (bicyclic) bond motifs is 1. The monoisotopic (exact) mass is 371 g/mol. The number of para-hydroxylation sites is 1. The number of hydrogen-bond donors (Lipinski definition) is 1. The third-order valence-corrected chi connectivity index (χ3v) is 6.02. The smallest absolute Gasteiger partial charge is 0.289 e. The van der Waals surface area contributed by atoms with Crippen molar-refractivity contribution in [3.8, 4) is 0 Å². The number of carbonyl (C=O) groups is 3. The summed E-state index contributed by atoms with van der Waals surface area (Å²) in [6, 6.07) is 9.55. The second-order valence-electron chi connectivity index (χ2n) is 6.85. The standard InChI is InChI=1S/C19H21N3O3S/c23-17(11-21-10-9-13-5-1-3-7-15(13)21)20-14-6-2-4-8-16(14)22-18(24)12-26-19(22)25/h1,3,5,7,9-10,14,16H,2,4,6,8,11-12H2,(H,20,23)/t14-,16-/m1/s1. The summed E-state index contributed by atoms with van der Waals surface area (Å²) in [7, 11) is 0. The van der Waals surface area contributed by atoms with Gasteiger partial charge in [0.15, 0.2) is 0 Å². The van der Waals surface area contributed by atoms with Gasteiger partial charge in [0, 0.05) is 17.8 Å². The molecule has 3 amide bonds. The Hall–Kier alpha value is -2.28. The first-order valence-electron chi connectivity index (χ1n) is 8.95. The molecule has 4 rings (SSSR count). The molecule has 0 bridgehead atoms. The van der Waals surface area contributed by atoms with Crippen LogP contribution in [0.3, 0.4) is 0 Å². The Morgan fingerprint density at radius 2 is 1.96 bits per heavy atom. The van der Waals surface area contributed by atoms with Gasteiger partial charge in [0.25, 0.3) is 5.24 Å². The number of aromatic nitrogens is 1. The zero-order valence-corrected chi connectivity index (χ0v) is 15.2. The van der Waals surface area contributed by atoms with Crippen LogP contribution in [-0.4, -0.2) is 44.4 Å². The number of carbonyl (C=O) groups excluding carboxylic acids is 3. The second kappa shape index (κ2) is 7.15. The summed E-state index contributed by atoms with van der Waals surface area (Å²) in [6.07, 6.45) is 5.44. The fourth-order valence-corrected chi connectivity index (χ4v) is 4.72. The molecule has 1 saturated heterocycles. The molecular weight excluding hydrogens is 350 g/mol. The Labute approximate surface area is 155 Å². The molecule has 26 heavy (non-hydrogen) atoms. The van der Waals surface area contributed by atoms with Gasteiger partial charge in [0.05, 0.1) is 11.8 Å². The van der Waals surface area contributed by atoms with Crippen LogP contribution in [0, 0.1) is 0 Å². The molecule has 136 valence electrons. The lowest BCUT2D eigenvalue weighted by Crippen LogP contribution is -2.55. The minimum atomic E-state index is -0.218. The lowest BCUT2D eigenvalue weighted by Gasteiger charge is -2.36. The van der Waals surface area contributed by atoms with Gasteiger partial charge < -0.3 is 9.88 Å². The van der Waals surface area contributed by atoms with Gasteiger partial charge in [-0.05, 0) is 30.4 Å². The summed E-state index contributed by atoms with van der Waals surface area (Å²) < 4.78 is 1.92. The van der Waals surface area contributed by atoms with E-state index in [-0.39, 0.29) is 41.4 Å². The summed E-state index contributed by atoms with van der Waals surface area (Å²) in [5, 5.41) is 3.99. The maximum absolute atomic E-state index is 12.6. The molecule has 1 N–H and O–H groups in total. The van der Waals surface area contributed by atoms with Gasteiger partial charge in [-0.1, -0.05) is 42.8 Å². The SMILES string of the molecule is O=C(Cn1ccc2ccccc21)N[C@@H]1CCCC[C@H]1N1C(=O)CSC1=O. The highest BCUT2D eigenvalue weighted by Crippen LogP contribution is 2.30. The lowest BCUT2D eigenvalue weighted by atomic mass is 9.89. The number of nitrogens with one attached hydrogen (secondary N) is 1. The van der Waals surface area contributed by atoms with Crippen molar-refractivity contribution < 1.29 is 14.4 Å². The predicted molar refractivity (Wildman–Crippen MR) is 101 cm³/mol. The van der Waals surface area contributed by atoms with Crippen LogP contribution in [-0.2, 0) is 16.1 Å². The van der Waals surface area contributed by atoms with Gasteiger partial charge in [0.2, 0.25) is 11.8 Å². The molecule has 1 aliphatic heterocycles. The molecule has 1 aromatic carbocycles. The van der Waals surface area contributed by atoms with Crippen LogP contribution in [0.1, 0.15) is 25.7 Å². The highest BCUT2D eigenvalue weighted by Gasteiger charge is 2.41. The van der Waals surface area contributed by atoms with Crippen LogP contribution < -0.4 is 5.32 Å². The van der Waals surface area contributed by atoms with Crippen LogP contribution in [0.4, 0.5) is 4.79 Å². The number of benzene rings is 1. The van der Waals surface area contributed by atoms with E-state index in [4.69, 9.17) is 0 Å². The van der Waals surface area contributed by atoms with Crippen molar-refractivity contribution in [3.05, 3.63) is 36.5 Å². The quantitative estimate of drug-likeness (QED) is 0.897. The molecule has 0 spiro atoms. The molecule has 2 aromatic rings. The topological polar surface area (TPSA) is 71.4 Å². The van der Waals surface area contributed by atoms with Gasteiger partial charge in [-0.25, -0.2) is 0 Å². The van der Waals surface area contributed by atoms with E-state index in [1.54, 1.807) is 0 Å². The lowest BCUT2D eigenvalue weighted by molar-refractivity contribution is -0.129. The van der Waals surface area contributed by atoms with E-state index in [0.29, 0.717) is 0 Å². The largest absolute Gasteiger partial charge is 0.350 e. The maximum atomic E-state index is 12.6. The van der Waals surface area contributed by atoms with Crippen LogP contribution in [0.15, 0.2) is 36.5 Å². The van der Waals surface area contributed by atoms with E-state index in [1.165, 1.54) is 4.90 Å². The van der Waals surface area contributed by atoms with E-state index in [1.807, 2.05) is 41.1 Å². The Morgan fingerprint density at radius 1 is 1.15 bits per heavy atom. The number of amides is 3. The molecule has 1 aromatic heterocycles. The molecule has 0 unspecified atom stereocenters. The molecule has 0 radical (unpaired) electrons. The minimum absolute atomic E-state index is 0.0880. The van der Waals surface area contributed by atoms with Crippen molar-refractivity contribution in [3.63, 3.8) is 0 Å². The fraction of sp³-hybridized carbons (Fsp3) is 0.421. The number of imide groups is 1. The summed E-state index contributed by atoms with van der Waals surface area (Å²) in [4.78, 5) is 38.1. The van der Waals surface area contributed by atoms with E-state index < -0.39 is 0 Å². The van der Waals surface area contributed by atoms with Crippen molar-refractivity contribution in [2.24, 2.45) is 0 Å². The predicted octanol–water partition coefficient (Wildman–Crippen LogP) is 2.76. The first-order chi connectivity index (χ1) is 12.6. The van der Waals surface area contributed by atoms with Gasteiger partial charge in [-0.3, -0.25) is 19.3 Å². The first kappa shape index (κ1) is 17.1. The van der Waals surface area contributed by atoms with Gasteiger partial charge in [-0.15, -0.1) is 0 Å². The van der Waals surface area contributed by atoms with E-state index in [2.05, 4.69) is 5.32 Å². The summed E-state index contributed by atoms with van der Waals surface area (Å²) >= 11 is 1.05. The Kier molecular flexibility index (Phi) is 4.72. The van der Waals surface area contributed by atoms with E-state index >= 15 is 0 Å². The molecule has 2 atom stereocenters. The molecule has 2 heterocycles. The van der Waals surface area contributed by atoms with Crippen LogP contribution in [0.2, 0.25) is 0 Å². The maximum Gasteiger partial charge on any atom is 0.289 e. The van der Waals surface area contributed by atoms with Crippen molar-refractivity contribution in [1.82, 2.24) is 14.8 Å². The zero-order valence-electron chi connectivity index (χ0n) is 14.4. The highest BCUT2D eigenvalue weighted by atomic mass is 32.2. The van der Waals surface area contributed by atoms with Crippen LogP contribution in [0.5, 0.6) is 0 Å². The molecule has 2 fully saturated rings. The summed E-state index contributed by atoms with van der Waals surface area (Å²) in [5.41, 5.74) is 1.02. The average Bonchev–Trinajstić information content (AvgIpc) is 3.19. The third-order valence-electron chi connectivity index (χ3n) is 5.19. The van der Waals surface area contributed by atoms with Crippen molar-refractivity contribution >= 4 is 39.7 Å². The highest BCUT2D eigenvalue weighted by molar-refractivity contribution is 8.14. The fourth-order valence-electron chi connectivity index (χ4n) is 3.96.